The fraction of sp³-hybridized carbons (Fsp3) is 0.400. The Morgan fingerprint density at radius 1 is 1.18 bits per heavy atom. The third-order valence-electron chi connectivity index (χ3n) is 3.95. The van der Waals surface area contributed by atoms with Gasteiger partial charge in [-0.15, -0.1) is 11.3 Å². The molecule has 1 aromatic heterocycles. The minimum Gasteiger partial charge on any atom is -0.273 e. The van der Waals surface area contributed by atoms with Crippen LogP contribution in [0.25, 0.3) is 6.08 Å². The van der Waals surface area contributed by atoms with E-state index in [1.54, 1.807) is 6.08 Å². The second-order valence-electron chi connectivity index (χ2n) is 5.43. The molecule has 0 atom stereocenters. The van der Waals surface area contributed by atoms with Gasteiger partial charge in [-0.05, 0) is 47.0 Å². The maximum atomic E-state index is 12.6. The number of urea groups is 1. The molecule has 5 nitrogen and oxygen atoms in total. The van der Waals surface area contributed by atoms with Crippen LogP contribution in [-0.2, 0) is 9.59 Å². The van der Waals surface area contributed by atoms with E-state index in [0.29, 0.717) is 0 Å². The van der Waals surface area contributed by atoms with Gasteiger partial charge in [0.1, 0.15) is 5.57 Å². The summed E-state index contributed by atoms with van der Waals surface area (Å²) in [4.78, 5) is 38.7. The molecule has 7 heteroatoms. The van der Waals surface area contributed by atoms with Crippen molar-refractivity contribution in [2.45, 2.75) is 38.1 Å². The Labute approximate surface area is 140 Å². The minimum absolute atomic E-state index is 0.0273. The first kappa shape index (κ1) is 15.4. The number of nitrogens with one attached hydrogen (secondary N) is 1. The fourth-order valence-electron chi connectivity index (χ4n) is 2.89. The fourth-order valence-corrected chi connectivity index (χ4v) is 4.26. The van der Waals surface area contributed by atoms with Gasteiger partial charge in [0, 0.05) is 10.9 Å². The molecule has 2 aliphatic rings. The predicted molar refractivity (Wildman–Crippen MR) is 87.3 cm³/mol. The Balaban J connectivity index is 1.90. The topological polar surface area (TPSA) is 66.5 Å². The van der Waals surface area contributed by atoms with Gasteiger partial charge < -0.3 is 0 Å². The maximum absolute atomic E-state index is 12.6. The van der Waals surface area contributed by atoms with Crippen molar-refractivity contribution in [2.24, 2.45) is 0 Å². The third-order valence-corrected chi connectivity index (χ3v) is 5.52. The summed E-state index contributed by atoms with van der Waals surface area (Å²) in [5, 5.41) is 2.29. The van der Waals surface area contributed by atoms with Gasteiger partial charge in [-0.25, -0.2) is 4.79 Å². The lowest BCUT2D eigenvalue weighted by Crippen LogP contribution is -2.58. The van der Waals surface area contributed by atoms with Crippen molar-refractivity contribution < 1.29 is 14.4 Å². The smallest absolute Gasteiger partial charge is 0.273 e. The minimum atomic E-state index is -0.619. The number of thiophene rings is 1. The quantitative estimate of drug-likeness (QED) is 0.630. The van der Waals surface area contributed by atoms with Crippen LogP contribution in [0.3, 0.4) is 0 Å². The average molecular weight is 383 g/mol. The van der Waals surface area contributed by atoms with Crippen molar-refractivity contribution >= 4 is 51.2 Å². The SMILES string of the molecule is O=C1NC(=O)N(C2CCCCC2)C(=O)C1=Cc1ccc(Br)s1. The first-order valence-corrected chi connectivity index (χ1v) is 8.83. The van der Waals surface area contributed by atoms with Crippen LogP contribution >= 0.6 is 27.3 Å². The largest absolute Gasteiger partial charge is 0.331 e. The lowest BCUT2D eigenvalue weighted by molar-refractivity contribution is -0.132. The molecule has 1 N–H and O–H groups in total. The summed E-state index contributed by atoms with van der Waals surface area (Å²) >= 11 is 4.78. The summed E-state index contributed by atoms with van der Waals surface area (Å²) in [5.74, 6) is -1.10. The molecule has 0 spiro atoms. The maximum Gasteiger partial charge on any atom is 0.331 e. The summed E-state index contributed by atoms with van der Waals surface area (Å²) in [6.45, 7) is 0. The van der Waals surface area contributed by atoms with Gasteiger partial charge in [0.25, 0.3) is 11.8 Å². The number of halogens is 1. The first-order chi connectivity index (χ1) is 10.6. The molecule has 1 aliphatic heterocycles. The van der Waals surface area contributed by atoms with E-state index in [-0.39, 0.29) is 11.6 Å². The van der Waals surface area contributed by atoms with Crippen molar-refractivity contribution in [2.75, 3.05) is 0 Å². The summed E-state index contributed by atoms with van der Waals surface area (Å²) in [5.41, 5.74) is 0.0273. The molecule has 1 saturated carbocycles. The van der Waals surface area contributed by atoms with Crippen LogP contribution in [0.5, 0.6) is 0 Å². The van der Waals surface area contributed by atoms with Crippen molar-refractivity contribution in [3.8, 4) is 0 Å². The van der Waals surface area contributed by atoms with Crippen molar-refractivity contribution in [3.05, 3.63) is 26.4 Å². The number of nitrogens with zero attached hydrogens (tertiary/aromatic N) is 1. The van der Waals surface area contributed by atoms with Gasteiger partial charge in [0.05, 0.1) is 3.79 Å². The highest BCUT2D eigenvalue weighted by atomic mass is 79.9. The van der Waals surface area contributed by atoms with Crippen LogP contribution in [-0.4, -0.2) is 28.8 Å². The van der Waals surface area contributed by atoms with E-state index in [0.717, 1.165) is 40.8 Å². The van der Waals surface area contributed by atoms with Gasteiger partial charge in [0.15, 0.2) is 0 Å². The number of rotatable bonds is 2. The number of imide groups is 2. The highest BCUT2D eigenvalue weighted by Gasteiger charge is 2.40. The first-order valence-electron chi connectivity index (χ1n) is 7.22. The van der Waals surface area contributed by atoms with E-state index in [9.17, 15) is 14.4 Å². The van der Waals surface area contributed by atoms with E-state index in [4.69, 9.17) is 0 Å². The summed E-state index contributed by atoms with van der Waals surface area (Å²) in [7, 11) is 0. The Bertz CT molecular complexity index is 661. The molecule has 3 rings (SSSR count). The molecule has 2 heterocycles. The molecular formula is C15H15BrN2O3S. The Morgan fingerprint density at radius 2 is 1.91 bits per heavy atom. The highest BCUT2D eigenvalue weighted by molar-refractivity contribution is 9.11. The monoisotopic (exact) mass is 382 g/mol. The van der Waals surface area contributed by atoms with E-state index >= 15 is 0 Å². The Kier molecular flexibility index (Phi) is 4.44. The van der Waals surface area contributed by atoms with Crippen molar-refractivity contribution in [1.29, 1.82) is 0 Å². The van der Waals surface area contributed by atoms with Crippen LogP contribution in [0.15, 0.2) is 21.5 Å². The molecule has 116 valence electrons. The molecule has 1 aliphatic carbocycles. The molecule has 22 heavy (non-hydrogen) atoms. The van der Waals surface area contributed by atoms with Gasteiger partial charge in [-0.3, -0.25) is 19.8 Å². The molecule has 0 radical (unpaired) electrons. The number of amides is 4. The molecule has 1 aromatic rings. The average Bonchev–Trinajstić information content (AvgIpc) is 2.90. The summed E-state index contributed by atoms with van der Waals surface area (Å²) in [6, 6.07) is 2.98. The zero-order chi connectivity index (χ0) is 15.7. The zero-order valence-electron chi connectivity index (χ0n) is 11.8. The molecule has 1 saturated heterocycles. The number of carbonyl (C=O) groups is 3. The van der Waals surface area contributed by atoms with Gasteiger partial charge in [-0.2, -0.15) is 0 Å². The molecule has 0 unspecified atom stereocenters. The van der Waals surface area contributed by atoms with Crippen molar-refractivity contribution in [3.63, 3.8) is 0 Å². The summed E-state index contributed by atoms with van der Waals surface area (Å²) < 4.78 is 0.920. The summed E-state index contributed by atoms with van der Waals surface area (Å²) in [6.07, 6.45) is 6.32. The van der Waals surface area contributed by atoms with Crippen molar-refractivity contribution in [1.82, 2.24) is 10.2 Å². The van der Waals surface area contributed by atoms with Crippen LogP contribution in [0.1, 0.15) is 37.0 Å². The van der Waals surface area contributed by atoms with E-state index in [1.165, 1.54) is 16.2 Å². The standard InChI is InChI=1S/C15H15BrN2O3S/c16-12-7-6-10(22-12)8-11-13(19)17-15(21)18(14(11)20)9-4-2-1-3-5-9/h6-9H,1-5H2,(H,17,19,21). The predicted octanol–water partition coefficient (Wildman–Crippen LogP) is 3.31. The van der Waals surface area contributed by atoms with E-state index in [2.05, 4.69) is 21.2 Å². The van der Waals surface area contributed by atoms with E-state index in [1.807, 2.05) is 12.1 Å². The zero-order valence-corrected chi connectivity index (χ0v) is 14.2. The molecular weight excluding hydrogens is 368 g/mol. The number of carbonyl (C=O) groups excluding carboxylic acids is 3. The lowest BCUT2D eigenvalue weighted by atomic mass is 9.93. The highest BCUT2D eigenvalue weighted by Crippen LogP contribution is 2.28. The van der Waals surface area contributed by atoms with Crippen LogP contribution < -0.4 is 5.32 Å². The third kappa shape index (κ3) is 3.01. The molecule has 4 amide bonds. The number of hydrogen-bond donors (Lipinski definition) is 1. The number of barbiturate groups is 1. The van der Waals surface area contributed by atoms with Crippen LogP contribution in [0, 0.1) is 0 Å². The van der Waals surface area contributed by atoms with Gasteiger partial charge in [0.2, 0.25) is 0 Å². The molecule has 0 bridgehead atoms. The molecule has 0 aromatic carbocycles. The van der Waals surface area contributed by atoms with E-state index < -0.39 is 17.8 Å². The van der Waals surface area contributed by atoms with Crippen LogP contribution in [0.4, 0.5) is 4.79 Å². The van der Waals surface area contributed by atoms with Gasteiger partial charge >= 0.3 is 6.03 Å². The van der Waals surface area contributed by atoms with Crippen LogP contribution in [0.2, 0.25) is 0 Å². The second kappa shape index (κ2) is 6.34. The van der Waals surface area contributed by atoms with Gasteiger partial charge in [-0.1, -0.05) is 19.3 Å². The second-order valence-corrected chi connectivity index (χ2v) is 7.92. The Hall–Kier alpha value is -1.47. The molecule has 2 fully saturated rings. The lowest BCUT2D eigenvalue weighted by Gasteiger charge is -2.35. The normalized spacial score (nSPS) is 22.3. The number of hydrogen-bond acceptors (Lipinski definition) is 4. The Morgan fingerprint density at radius 3 is 2.55 bits per heavy atom.